The molecule has 0 saturated heterocycles. The lowest BCUT2D eigenvalue weighted by atomic mass is 10.1. The number of hydrazone groups is 1. The van der Waals surface area contributed by atoms with Crippen molar-refractivity contribution >= 4 is 29.8 Å². The average Bonchev–Trinajstić information content (AvgIpc) is 3.26. The molecule has 3 rings (SSSR count). The monoisotopic (exact) mass is 494 g/mol. The van der Waals surface area contributed by atoms with Crippen LogP contribution < -0.4 is 15.5 Å². The van der Waals surface area contributed by atoms with Crippen molar-refractivity contribution in [1.82, 2.24) is 20.5 Å². The molecule has 1 amide bonds. The maximum Gasteiger partial charge on any atom is 0.416 e. The lowest BCUT2D eigenvalue weighted by Gasteiger charge is -2.08. The molecule has 0 spiro atoms. The number of phenols is 1. The lowest BCUT2D eigenvalue weighted by molar-refractivity contribution is -0.137. The van der Waals surface area contributed by atoms with E-state index in [2.05, 4.69) is 31.0 Å². The first kappa shape index (κ1) is 24.9. The number of hydrogen-bond acceptors (Lipinski definition) is 8. The smallest absolute Gasteiger partial charge is 0.416 e. The second kappa shape index (κ2) is 11.4. The standard InChI is InChI=1S/C21H21F3N6O3S/c1-2-33-17-9-14(5-8-16(17)31)11-26-28-19-27-20(30-29-19)34-12-18(32)25-10-13-3-6-15(7-4-13)21(22,23)24/h3-9,11,31H,2,10,12H2,1H3,(H,25,32)(H2,27,28,29,30)/b26-11-. The molecule has 0 saturated carbocycles. The Hall–Kier alpha value is -3.74. The van der Waals surface area contributed by atoms with Crippen LogP contribution in [-0.2, 0) is 17.5 Å². The summed E-state index contributed by atoms with van der Waals surface area (Å²) in [5.41, 5.74) is 3.17. The van der Waals surface area contributed by atoms with Gasteiger partial charge in [0, 0.05) is 6.54 Å². The highest BCUT2D eigenvalue weighted by Gasteiger charge is 2.29. The van der Waals surface area contributed by atoms with Crippen LogP contribution in [0.3, 0.4) is 0 Å². The van der Waals surface area contributed by atoms with Gasteiger partial charge >= 0.3 is 6.18 Å². The zero-order valence-electron chi connectivity index (χ0n) is 17.9. The zero-order chi connectivity index (χ0) is 24.6. The maximum absolute atomic E-state index is 12.6. The summed E-state index contributed by atoms with van der Waals surface area (Å²) in [6.07, 6.45) is -2.89. The normalized spacial score (nSPS) is 11.5. The van der Waals surface area contributed by atoms with Crippen molar-refractivity contribution in [3.8, 4) is 11.5 Å². The van der Waals surface area contributed by atoms with E-state index in [4.69, 9.17) is 4.74 Å². The number of aromatic hydroxyl groups is 1. The summed E-state index contributed by atoms with van der Waals surface area (Å²) in [5.74, 6) is 0.343. The largest absolute Gasteiger partial charge is 0.504 e. The predicted octanol–water partition coefficient (Wildman–Crippen LogP) is 3.78. The van der Waals surface area contributed by atoms with Gasteiger partial charge in [0.25, 0.3) is 0 Å². The van der Waals surface area contributed by atoms with Crippen molar-refractivity contribution < 1.29 is 27.8 Å². The van der Waals surface area contributed by atoms with E-state index in [-0.39, 0.29) is 29.9 Å². The minimum Gasteiger partial charge on any atom is -0.504 e. The van der Waals surface area contributed by atoms with Gasteiger partial charge in [-0.1, -0.05) is 23.9 Å². The molecule has 0 aliphatic carbocycles. The van der Waals surface area contributed by atoms with Crippen molar-refractivity contribution in [2.24, 2.45) is 5.10 Å². The van der Waals surface area contributed by atoms with Crippen molar-refractivity contribution in [3.63, 3.8) is 0 Å². The molecule has 0 radical (unpaired) electrons. The number of benzene rings is 2. The molecule has 180 valence electrons. The van der Waals surface area contributed by atoms with Gasteiger partial charge in [0.1, 0.15) is 0 Å². The summed E-state index contributed by atoms with van der Waals surface area (Å²) in [6.45, 7) is 2.33. The quantitative estimate of drug-likeness (QED) is 0.192. The highest BCUT2D eigenvalue weighted by atomic mass is 32.2. The van der Waals surface area contributed by atoms with Gasteiger partial charge < -0.3 is 15.2 Å². The van der Waals surface area contributed by atoms with Gasteiger partial charge in [-0.2, -0.15) is 23.3 Å². The summed E-state index contributed by atoms with van der Waals surface area (Å²) in [6, 6.07) is 9.38. The summed E-state index contributed by atoms with van der Waals surface area (Å²) in [5, 5.41) is 23.3. The number of thioether (sulfide) groups is 1. The van der Waals surface area contributed by atoms with Gasteiger partial charge in [0.05, 0.1) is 24.1 Å². The van der Waals surface area contributed by atoms with Gasteiger partial charge in [-0.25, -0.2) is 10.5 Å². The predicted molar refractivity (Wildman–Crippen MR) is 121 cm³/mol. The van der Waals surface area contributed by atoms with Crippen LogP contribution in [-0.4, -0.2) is 44.8 Å². The number of aromatic amines is 1. The van der Waals surface area contributed by atoms with Crippen molar-refractivity contribution in [1.29, 1.82) is 0 Å². The Bertz CT molecular complexity index is 1140. The highest BCUT2D eigenvalue weighted by molar-refractivity contribution is 7.99. The van der Waals surface area contributed by atoms with Gasteiger partial charge in [0.2, 0.25) is 17.0 Å². The first-order chi connectivity index (χ1) is 16.2. The van der Waals surface area contributed by atoms with E-state index in [9.17, 15) is 23.1 Å². The molecule has 34 heavy (non-hydrogen) atoms. The molecular formula is C21H21F3N6O3S. The average molecular weight is 494 g/mol. The molecule has 0 aliphatic heterocycles. The molecule has 1 aromatic heterocycles. The summed E-state index contributed by atoms with van der Waals surface area (Å²) < 4.78 is 43.1. The summed E-state index contributed by atoms with van der Waals surface area (Å²) in [4.78, 5) is 16.2. The Morgan fingerprint density at radius 1 is 1.26 bits per heavy atom. The van der Waals surface area contributed by atoms with Crippen LogP contribution in [0.4, 0.5) is 19.1 Å². The molecular weight excluding hydrogens is 473 g/mol. The van der Waals surface area contributed by atoms with Gasteiger partial charge in [-0.3, -0.25) is 4.79 Å². The number of nitrogens with one attached hydrogen (secondary N) is 3. The Balaban J connectivity index is 1.43. The molecule has 0 atom stereocenters. The maximum atomic E-state index is 12.6. The summed E-state index contributed by atoms with van der Waals surface area (Å²) >= 11 is 1.08. The van der Waals surface area contributed by atoms with Crippen molar-refractivity contribution in [2.45, 2.75) is 24.8 Å². The number of hydrogen-bond donors (Lipinski definition) is 4. The molecule has 3 aromatic rings. The van der Waals surface area contributed by atoms with Crippen LogP contribution in [0.2, 0.25) is 0 Å². The molecule has 0 unspecified atom stereocenters. The number of carbonyl (C=O) groups excluding carboxylic acids is 1. The number of H-pyrrole nitrogens is 1. The second-order valence-electron chi connectivity index (χ2n) is 6.76. The molecule has 0 fully saturated rings. The van der Waals surface area contributed by atoms with Crippen LogP contribution in [0.25, 0.3) is 0 Å². The van der Waals surface area contributed by atoms with Gasteiger partial charge in [-0.05, 0) is 48.4 Å². The Morgan fingerprint density at radius 2 is 2.03 bits per heavy atom. The van der Waals surface area contributed by atoms with E-state index in [1.165, 1.54) is 24.4 Å². The van der Waals surface area contributed by atoms with Crippen molar-refractivity contribution in [2.75, 3.05) is 17.8 Å². The molecule has 13 heteroatoms. The zero-order valence-corrected chi connectivity index (χ0v) is 18.7. The minimum absolute atomic E-state index is 0.0227. The third-order valence-corrected chi connectivity index (χ3v) is 5.08. The van der Waals surface area contributed by atoms with Crippen LogP contribution >= 0.6 is 11.8 Å². The first-order valence-electron chi connectivity index (χ1n) is 9.97. The summed E-state index contributed by atoms with van der Waals surface area (Å²) in [7, 11) is 0. The van der Waals surface area contributed by atoms with E-state index < -0.39 is 11.7 Å². The minimum atomic E-state index is -4.40. The fourth-order valence-corrected chi connectivity index (χ4v) is 3.23. The third kappa shape index (κ3) is 7.40. The fourth-order valence-electron chi connectivity index (χ4n) is 2.60. The van der Waals surface area contributed by atoms with Crippen LogP contribution in [0.1, 0.15) is 23.6 Å². The van der Waals surface area contributed by atoms with E-state index >= 15 is 0 Å². The lowest BCUT2D eigenvalue weighted by Crippen LogP contribution is -2.24. The van der Waals surface area contributed by atoms with E-state index in [0.717, 1.165) is 23.9 Å². The van der Waals surface area contributed by atoms with Crippen molar-refractivity contribution in [3.05, 3.63) is 59.2 Å². The van der Waals surface area contributed by atoms with Crippen LogP contribution in [0.15, 0.2) is 52.7 Å². The Kier molecular flexibility index (Phi) is 8.35. The van der Waals surface area contributed by atoms with Crippen LogP contribution in [0.5, 0.6) is 11.5 Å². The SMILES string of the molecule is CCOc1cc(/C=N\Nc2nc(SCC(=O)NCc3ccc(C(F)(F)F)cc3)n[nH]2)ccc1O. The molecule has 4 N–H and O–H groups in total. The third-order valence-electron chi connectivity index (χ3n) is 4.24. The van der Waals surface area contributed by atoms with E-state index in [1.807, 2.05) is 6.92 Å². The van der Waals surface area contributed by atoms with E-state index in [1.54, 1.807) is 12.1 Å². The first-order valence-corrected chi connectivity index (χ1v) is 11.0. The topological polar surface area (TPSA) is 125 Å². The van der Waals surface area contributed by atoms with Gasteiger partial charge in [-0.15, -0.1) is 5.10 Å². The van der Waals surface area contributed by atoms with E-state index in [0.29, 0.717) is 28.6 Å². The number of phenolic OH excluding ortho intramolecular Hbond substituents is 1. The number of aromatic nitrogens is 3. The number of carbonyl (C=O) groups is 1. The fraction of sp³-hybridized carbons (Fsp3) is 0.238. The Labute approximate surface area is 196 Å². The highest BCUT2D eigenvalue weighted by Crippen LogP contribution is 2.29. The number of ether oxygens (including phenoxy) is 1. The number of nitrogens with zero attached hydrogens (tertiary/aromatic N) is 3. The molecule has 0 bridgehead atoms. The number of amides is 1. The van der Waals surface area contributed by atoms with Crippen LogP contribution in [0, 0.1) is 0 Å². The Morgan fingerprint density at radius 3 is 2.74 bits per heavy atom. The molecule has 0 aliphatic rings. The number of alkyl halides is 3. The number of halogens is 3. The molecule has 9 nitrogen and oxygen atoms in total. The van der Waals surface area contributed by atoms with Gasteiger partial charge in [0.15, 0.2) is 11.5 Å². The molecule has 1 heterocycles. The number of anilines is 1. The number of rotatable bonds is 10. The second-order valence-corrected chi connectivity index (χ2v) is 7.70. The molecule has 2 aromatic carbocycles.